The molecular formula is C20H28N2O7S. The largest absolute Gasteiger partial charge is 0.459 e. The molecule has 0 bridgehead atoms. The van der Waals surface area contributed by atoms with E-state index in [4.69, 9.17) is 13.7 Å². The molecule has 2 atom stereocenters. The van der Waals surface area contributed by atoms with Gasteiger partial charge in [0.05, 0.1) is 12.8 Å². The van der Waals surface area contributed by atoms with Gasteiger partial charge in [0.15, 0.2) is 0 Å². The van der Waals surface area contributed by atoms with Crippen LogP contribution in [-0.2, 0) is 41.4 Å². The highest BCUT2D eigenvalue weighted by atomic mass is 32.2. The Labute approximate surface area is 176 Å². The first-order chi connectivity index (χ1) is 13.9. The fourth-order valence-electron chi connectivity index (χ4n) is 3.44. The molecule has 10 heteroatoms. The fourth-order valence-corrected chi connectivity index (χ4v) is 3.84. The van der Waals surface area contributed by atoms with Gasteiger partial charge in [-0.05, 0) is 63.4 Å². The molecule has 2 heterocycles. The summed E-state index contributed by atoms with van der Waals surface area (Å²) < 4.78 is 37.7. The first-order valence-electron chi connectivity index (χ1n) is 9.82. The van der Waals surface area contributed by atoms with Gasteiger partial charge in [-0.25, -0.2) is 4.79 Å². The van der Waals surface area contributed by atoms with E-state index in [1.807, 2.05) is 32.9 Å². The molecule has 1 aromatic carbocycles. The number of hydrogen-bond acceptors (Lipinski definition) is 8. The number of nitrogens with one attached hydrogen (secondary N) is 1. The lowest BCUT2D eigenvalue weighted by molar-refractivity contribution is -0.157. The Morgan fingerprint density at radius 3 is 2.70 bits per heavy atom. The van der Waals surface area contributed by atoms with Gasteiger partial charge in [0, 0.05) is 5.69 Å². The number of benzene rings is 1. The quantitative estimate of drug-likeness (QED) is 0.540. The smallest absolute Gasteiger partial charge is 0.414 e. The number of cyclic esters (lactones) is 1. The predicted molar refractivity (Wildman–Crippen MR) is 110 cm³/mol. The van der Waals surface area contributed by atoms with E-state index in [2.05, 4.69) is 5.32 Å². The normalized spacial score (nSPS) is 22.3. The minimum absolute atomic E-state index is 0.200. The van der Waals surface area contributed by atoms with Crippen molar-refractivity contribution in [1.82, 2.24) is 5.32 Å². The highest BCUT2D eigenvalue weighted by Crippen LogP contribution is 2.27. The Bertz CT molecular complexity index is 924. The third-order valence-electron chi connectivity index (χ3n) is 4.74. The summed E-state index contributed by atoms with van der Waals surface area (Å²) in [5.41, 5.74) is 2.17. The van der Waals surface area contributed by atoms with E-state index >= 15 is 0 Å². The first-order valence-corrected chi connectivity index (χ1v) is 11.6. The average molecular weight is 441 g/mol. The molecular weight excluding hydrogens is 412 g/mol. The highest BCUT2D eigenvalue weighted by Gasteiger charge is 2.34. The van der Waals surface area contributed by atoms with Gasteiger partial charge in [-0.2, -0.15) is 8.42 Å². The second kappa shape index (κ2) is 8.52. The summed E-state index contributed by atoms with van der Waals surface area (Å²) in [4.78, 5) is 26.2. The number of rotatable bonds is 5. The molecule has 0 aromatic heterocycles. The van der Waals surface area contributed by atoms with Gasteiger partial charge in [-0.1, -0.05) is 6.07 Å². The van der Waals surface area contributed by atoms with Gasteiger partial charge in [0.2, 0.25) is 0 Å². The molecule has 1 amide bonds. The van der Waals surface area contributed by atoms with E-state index in [1.165, 1.54) is 4.90 Å². The molecule has 0 spiro atoms. The number of nitrogens with zero attached hydrogens (tertiary/aromatic N) is 1. The van der Waals surface area contributed by atoms with Crippen molar-refractivity contribution in [2.45, 2.75) is 51.4 Å². The van der Waals surface area contributed by atoms with Crippen LogP contribution >= 0.6 is 0 Å². The molecule has 0 saturated carbocycles. The lowest BCUT2D eigenvalue weighted by Crippen LogP contribution is -2.42. The summed E-state index contributed by atoms with van der Waals surface area (Å²) in [6.07, 6.45) is 0.943. The summed E-state index contributed by atoms with van der Waals surface area (Å²) in [5.74, 6) is -0.281. The number of fused-ring (bicyclic) bond motifs is 1. The third kappa shape index (κ3) is 5.93. The second-order valence-corrected chi connectivity index (χ2v) is 10.2. The zero-order valence-corrected chi connectivity index (χ0v) is 18.5. The average Bonchev–Trinajstić information content (AvgIpc) is 2.85. The van der Waals surface area contributed by atoms with Crippen molar-refractivity contribution in [3.8, 4) is 0 Å². The van der Waals surface area contributed by atoms with Crippen LogP contribution in [0.2, 0.25) is 0 Å². The molecule has 1 aromatic rings. The van der Waals surface area contributed by atoms with Crippen molar-refractivity contribution in [1.29, 1.82) is 0 Å². The molecule has 1 N–H and O–H groups in total. The van der Waals surface area contributed by atoms with Gasteiger partial charge in [-0.3, -0.25) is 13.9 Å². The monoisotopic (exact) mass is 440 g/mol. The van der Waals surface area contributed by atoms with Gasteiger partial charge in [0.25, 0.3) is 10.1 Å². The number of anilines is 1. The third-order valence-corrected chi connectivity index (χ3v) is 5.31. The minimum atomic E-state index is -3.61. The van der Waals surface area contributed by atoms with E-state index in [1.54, 1.807) is 6.07 Å². The van der Waals surface area contributed by atoms with Crippen LogP contribution in [0.25, 0.3) is 0 Å². The van der Waals surface area contributed by atoms with Gasteiger partial charge in [0.1, 0.15) is 24.4 Å². The number of ether oxygens (including phenoxy) is 2. The maximum absolute atomic E-state index is 12.5. The lowest BCUT2D eigenvalue weighted by atomic mass is 9.99. The number of esters is 1. The van der Waals surface area contributed by atoms with E-state index in [-0.39, 0.29) is 19.1 Å². The lowest BCUT2D eigenvalue weighted by Gasteiger charge is -2.24. The van der Waals surface area contributed by atoms with Crippen LogP contribution < -0.4 is 10.2 Å². The second-order valence-electron chi connectivity index (χ2n) is 8.55. The maximum atomic E-state index is 12.5. The SMILES string of the molecule is CC(C)(C)OC(=O)C1Cc2ccc(N3CC(COS(C)(=O)=O)OC3=O)cc2CCN1. The highest BCUT2D eigenvalue weighted by molar-refractivity contribution is 7.85. The molecule has 2 unspecified atom stereocenters. The van der Waals surface area contributed by atoms with Crippen molar-refractivity contribution in [2.24, 2.45) is 0 Å². The maximum Gasteiger partial charge on any atom is 0.414 e. The van der Waals surface area contributed by atoms with Crippen LogP contribution in [-0.4, -0.2) is 64.2 Å². The summed E-state index contributed by atoms with van der Waals surface area (Å²) >= 11 is 0. The van der Waals surface area contributed by atoms with Crippen molar-refractivity contribution in [2.75, 3.05) is 30.9 Å². The van der Waals surface area contributed by atoms with Crippen LogP contribution in [0, 0.1) is 0 Å². The van der Waals surface area contributed by atoms with Crippen LogP contribution in [0.4, 0.5) is 10.5 Å². The van der Waals surface area contributed by atoms with Crippen LogP contribution in [0.5, 0.6) is 0 Å². The zero-order valence-electron chi connectivity index (χ0n) is 17.6. The van der Waals surface area contributed by atoms with E-state index in [0.29, 0.717) is 25.1 Å². The minimum Gasteiger partial charge on any atom is -0.459 e. The van der Waals surface area contributed by atoms with Gasteiger partial charge < -0.3 is 14.8 Å². The Morgan fingerprint density at radius 1 is 1.30 bits per heavy atom. The number of amides is 1. The molecule has 1 fully saturated rings. The van der Waals surface area contributed by atoms with E-state index < -0.39 is 34.0 Å². The van der Waals surface area contributed by atoms with Crippen molar-refractivity contribution >= 4 is 27.9 Å². The van der Waals surface area contributed by atoms with Crippen LogP contribution in [0.3, 0.4) is 0 Å². The van der Waals surface area contributed by atoms with Crippen molar-refractivity contribution in [3.05, 3.63) is 29.3 Å². The molecule has 2 aliphatic rings. The van der Waals surface area contributed by atoms with Gasteiger partial charge in [-0.15, -0.1) is 0 Å². The van der Waals surface area contributed by atoms with Crippen molar-refractivity contribution < 1.29 is 31.7 Å². The zero-order chi connectivity index (χ0) is 22.1. The molecule has 0 radical (unpaired) electrons. The van der Waals surface area contributed by atoms with Gasteiger partial charge >= 0.3 is 12.1 Å². The van der Waals surface area contributed by atoms with Crippen LogP contribution in [0.15, 0.2) is 18.2 Å². The Kier molecular flexibility index (Phi) is 6.40. The van der Waals surface area contributed by atoms with E-state index in [9.17, 15) is 18.0 Å². The van der Waals surface area contributed by atoms with E-state index in [0.717, 1.165) is 17.4 Å². The fraction of sp³-hybridized carbons (Fsp3) is 0.600. The molecule has 0 aliphatic carbocycles. The Hall–Kier alpha value is -2.17. The molecule has 1 saturated heterocycles. The number of carbonyl (C=O) groups is 2. The van der Waals surface area contributed by atoms with Crippen LogP contribution in [0.1, 0.15) is 31.9 Å². The summed E-state index contributed by atoms with van der Waals surface area (Å²) in [7, 11) is -3.61. The summed E-state index contributed by atoms with van der Waals surface area (Å²) in [5, 5.41) is 3.23. The summed E-state index contributed by atoms with van der Waals surface area (Å²) in [6, 6.07) is 5.20. The Balaban J connectivity index is 1.70. The molecule has 166 valence electrons. The number of carbonyl (C=O) groups excluding carboxylic acids is 2. The molecule has 9 nitrogen and oxygen atoms in total. The standard InChI is InChI=1S/C20H28N2O7S/c1-20(2,3)29-18(23)17-10-13-5-6-15(9-14(13)7-8-21-17)22-11-16(28-19(22)24)12-27-30(4,25)26/h5-6,9,16-17,21H,7-8,10-12H2,1-4H3. The van der Waals surface area contributed by atoms with Crippen molar-refractivity contribution in [3.63, 3.8) is 0 Å². The predicted octanol–water partition coefficient (Wildman–Crippen LogP) is 1.39. The molecule has 3 rings (SSSR count). The number of hydrogen-bond donors (Lipinski definition) is 1. The Morgan fingerprint density at radius 2 is 2.03 bits per heavy atom. The molecule has 2 aliphatic heterocycles. The topological polar surface area (TPSA) is 111 Å². The first kappa shape index (κ1) is 22.5. The summed E-state index contributed by atoms with van der Waals surface area (Å²) in [6.45, 7) is 6.11. The molecule has 30 heavy (non-hydrogen) atoms.